The van der Waals surface area contributed by atoms with Crippen LogP contribution in [0.4, 0.5) is 0 Å². The van der Waals surface area contributed by atoms with Crippen LogP contribution in [0.15, 0.2) is 34.2 Å². The van der Waals surface area contributed by atoms with E-state index < -0.39 is 0 Å². The molecule has 0 saturated heterocycles. The van der Waals surface area contributed by atoms with Gasteiger partial charge in [0.15, 0.2) is 0 Å². The Bertz CT molecular complexity index is 674. The summed E-state index contributed by atoms with van der Waals surface area (Å²) in [6, 6.07) is 9.27. The minimum atomic E-state index is 0.384. The lowest BCUT2D eigenvalue weighted by Gasteiger charge is -1.85. The zero-order chi connectivity index (χ0) is 11.7. The van der Waals surface area contributed by atoms with Crippen LogP contribution in [0.2, 0.25) is 0 Å². The van der Waals surface area contributed by atoms with E-state index in [-0.39, 0.29) is 0 Å². The summed E-state index contributed by atoms with van der Waals surface area (Å²) in [5, 5.41) is 14.6. The van der Waals surface area contributed by atoms with Crippen LogP contribution in [0.3, 0.4) is 0 Å². The van der Waals surface area contributed by atoms with Crippen molar-refractivity contribution >= 4 is 11.3 Å². The van der Waals surface area contributed by atoms with Crippen LogP contribution in [0.25, 0.3) is 22.3 Å². The molecule has 0 radical (unpaired) electrons. The van der Waals surface area contributed by atoms with Gasteiger partial charge in [-0.25, -0.2) is 0 Å². The van der Waals surface area contributed by atoms with Crippen molar-refractivity contribution in [3.05, 3.63) is 35.3 Å². The first-order valence-electron chi connectivity index (χ1n) is 4.84. The highest BCUT2D eigenvalue weighted by molar-refractivity contribution is 7.13. The van der Waals surface area contributed by atoms with Gasteiger partial charge in [0.1, 0.15) is 17.5 Å². The van der Waals surface area contributed by atoms with E-state index >= 15 is 0 Å². The van der Waals surface area contributed by atoms with Gasteiger partial charge in [0.2, 0.25) is 5.82 Å². The third kappa shape index (κ3) is 1.73. The molecule has 3 aromatic heterocycles. The first-order valence-corrected chi connectivity index (χ1v) is 5.72. The van der Waals surface area contributed by atoms with E-state index in [0.717, 1.165) is 4.88 Å². The van der Waals surface area contributed by atoms with Crippen LogP contribution >= 0.6 is 11.3 Å². The van der Waals surface area contributed by atoms with Gasteiger partial charge in [0.25, 0.3) is 5.89 Å². The minimum absolute atomic E-state index is 0.384. The standard InChI is InChI=1S/C11H6N4OS/c12-6-7-3-4-8(13-7)11-14-10(15-16-11)9-2-1-5-17-9/h1-5,13H. The van der Waals surface area contributed by atoms with Gasteiger partial charge < -0.3 is 9.51 Å². The second kappa shape index (κ2) is 3.88. The molecule has 3 aromatic rings. The minimum Gasteiger partial charge on any atom is -0.342 e. The summed E-state index contributed by atoms with van der Waals surface area (Å²) < 4.78 is 5.14. The number of H-pyrrole nitrogens is 1. The molecule has 17 heavy (non-hydrogen) atoms. The number of aromatic amines is 1. The Kier molecular flexibility index (Phi) is 2.24. The highest BCUT2D eigenvalue weighted by Crippen LogP contribution is 2.24. The number of hydrogen-bond acceptors (Lipinski definition) is 5. The van der Waals surface area contributed by atoms with Crippen molar-refractivity contribution in [2.75, 3.05) is 0 Å². The van der Waals surface area contributed by atoms with Crippen molar-refractivity contribution in [2.45, 2.75) is 0 Å². The van der Waals surface area contributed by atoms with Gasteiger partial charge in [0.05, 0.1) is 4.88 Å². The van der Waals surface area contributed by atoms with E-state index in [4.69, 9.17) is 9.78 Å². The Balaban J connectivity index is 1.98. The average molecular weight is 242 g/mol. The summed E-state index contributed by atoms with van der Waals surface area (Å²) in [5.74, 6) is 0.943. The molecule has 3 heterocycles. The highest BCUT2D eigenvalue weighted by Gasteiger charge is 2.12. The molecule has 6 heteroatoms. The summed E-state index contributed by atoms with van der Waals surface area (Å²) in [6.45, 7) is 0. The van der Waals surface area contributed by atoms with Gasteiger partial charge in [-0.05, 0) is 23.6 Å². The number of rotatable bonds is 2. The molecule has 82 valence electrons. The first kappa shape index (κ1) is 9.81. The largest absolute Gasteiger partial charge is 0.342 e. The van der Waals surface area contributed by atoms with E-state index in [2.05, 4.69) is 15.1 Å². The fraction of sp³-hybridized carbons (Fsp3) is 0. The quantitative estimate of drug-likeness (QED) is 0.749. The fourth-order valence-electron chi connectivity index (χ4n) is 1.42. The number of nitrogens with zero attached hydrogens (tertiary/aromatic N) is 3. The number of nitriles is 1. The lowest BCUT2D eigenvalue weighted by Crippen LogP contribution is -1.79. The zero-order valence-corrected chi connectivity index (χ0v) is 9.36. The summed E-state index contributed by atoms with van der Waals surface area (Å²) in [7, 11) is 0. The van der Waals surface area contributed by atoms with E-state index in [1.807, 2.05) is 23.6 Å². The summed E-state index contributed by atoms with van der Waals surface area (Å²) in [4.78, 5) is 8.10. The predicted molar refractivity (Wildman–Crippen MR) is 62.1 cm³/mol. The van der Waals surface area contributed by atoms with Crippen molar-refractivity contribution in [2.24, 2.45) is 0 Å². The molecule has 0 aliphatic carbocycles. The Hall–Kier alpha value is -2.39. The van der Waals surface area contributed by atoms with E-state index in [0.29, 0.717) is 23.1 Å². The Labute approximate surface area is 100 Å². The van der Waals surface area contributed by atoms with Crippen LogP contribution < -0.4 is 0 Å². The second-order valence-corrected chi connectivity index (χ2v) is 4.25. The zero-order valence-electron chi connectivity index (χ0n) is 8.54. The molecule has 3 rings (SSSR count). The Morgan fingerprint density at radius 2 is 2.29 bits per heavy atom. The van der Waals surface area contributed by atoms with Crippen LogP contribution in [-0.2, 0) is 0 Å². The molecule has 0 amide bonds. The molecule has 0 aliphatic rings. The third-order valence-electron chi connectivity index (χ3n) is 2.20. The summed E-state index contributed by atoms with van der Waals surface area (Å²) >= 11 is 1.55. The average Bonchev–Trinajstić information content (AvgIpc) is 3.09. The Morgan fingerprint density at radius 1 is 1.35 bits per heavy atom. The molecule has 0 atom stereocenters. The SMILES string of the molecule is N#Cc1ccc(-c2nc(-c3cccs3)no2)[nH]1. The molecule has 0 aromatic carbocycles. The fourth-order valence-corrected chi connectivity index (χ4v) is 2.07. The van der Waals surface area contributed by atoms with Crippen LogP contribution in [0.5, 0.6) is 0 Å². The van der Waals surface area contributed by atoms with Crippen LogP contribution in [0.1, 0.15) is 5.69 Å². The van der Waals surface area contributed by atoms with E-state index in [1.165, 1.54) is 0 Å². The van der Waals surface area contributed by atoms with Gasteiger partial charge in [-0.2, -0.15) is 10.2 Å². The third-order valence-corrected chi connectivity index (χ3v) is 3.07. The van der Waals surface area contributed by atoms with E-state index in [1.54, 1.807) is 23.5 Å². The number of nitrogens with one attached hydrogen (secondary N) is 1. The lowest BCUT2D eigenvalue weighted by molar-refractivity contribution is 0.431. The summed E-state index contributed by atoms with van der Waals surface area (Å²) in [5.41, 5.74) is 1.12. The number of thiophene rings is 1. The molecule has 0 aliphatic heterocycles. The van der Waals surface area contributed by atoms with Crippen molar-refractivity contribution in [1.82, 2.24) is 15.1 Å². The van der Waals surface area contributed by atoms with Gasteiger partial charge in [-0.15, -0.1) is 11.3 Å². The normalized spacial score (nSPS) is 10.3. The van der Waals surface area contributed by atoms with E-state index in [9.17, 15) is 0 Å². The molecule has 0 saturated carbocycles. The van der Waals surface area contributed by atoms with Crippen molar-refractivity contribution in [3.63, 3.8) is 0 Å². The second-order valence-electron chi connectivity index (χ2n) is 3.30. The molecule has 1 N–H and O–H groups in total. The molecule has 0 fully saturated rings. The van der Waals surface area contributed by atoms with Gasteiger partial charge >= 0.3 is 0 Å². The number of hydrogen-bond donors (Lipinski definition) is 1. The molecule has 0 spiro atoms. The number of aromatic nitrogens is 3. The topological polar surface area (TPSA) is 78.5 Å². The summed E-state index contributed by atoms with van der Waals surface area (Å²) in [6.07, 6.45) is 0. The van der Waals surface area contributed by atoms with Gasteiger partial charge in [-0.1, -0.05) is 11.2 Å². The molecular formula is C11H6N4OS. The molecule has 0 unspecified atom stereocenters. The predicted octanol–water partition coefficient (Wildman–Crippen LogP) is 2.66. The van der Waals surface area contributed by atoms with Crippen molar-refractivity contribution in [3.8, 4) is 28.4 Å². The Morgan fingerprint density at radius 3 is 3.00 bits per heavy atom. The van der Waals surface area contributed by atoms with Crippen LogP contribution in [0, 0.1) is 11.3 Å². The maximum absolute atomic E-state index is 8.71. The molecular weight excluding hydrogens is 236 g/mol. The molecule has 5 nitrogen and oxygen atoms in total. The van der Waals surface area contributed by atoms with Gasteiger partial charge in [0, 0.05) is 0 Å². The smallest absolute Gasteiger partial charge is 0.274 e. The van der Waals surface area contributed by atoms with Crippen molar-refractivity contribution < 1.29 is 4.52 Å². The van der Waals surface area contributed by atoms with Crippen LogP contribution in [-0.4, -0.2) is 15.1 Å². The maximum Gasteiger partial charge on any atom is 0.274 e. The van der Waals surface area contributed by atoms with Gasteiger partial charge in [-0.3, -0.25) is 0 Å². The molecule has 0 bridgehead atoms. The first-order chi connectivity index (χ1) is 8.36. The maximum atomic E-state index is 8.71. The van der Waals surface area contributed by atoms with Crippen molar-refractivity contribution in [1.29, 1.82) is 5.26 Å². The highest BCUT2D eigenvalue weighted by atomic mass is 32.1. The lowest BCUT2D eigenvalue weighted by atomic mass is 10.4. The monoisotopic (exact) mass is 242 g/mol.